The van der Waals surface area contributed by atoms with Crippen LogP contribution in [0.15, 0.2) is 24.3 Å². The average Bonchev–Trinajstić information content (AvgIpc) is 2.32. The van der Waals surface area contributed by atoms with Gasteiger partial charge < -0.3 is 10.6 Å². The van der Waals surface area contributed by atoms with Crippen molar-refractivity contribution < 1.29 is 4.39 Å². The molecule has 17 heavy (non-hydrogen) atoms. The standard InChI is InChI=1S/C14H21FN2/c1-10-9-16-8-7-14(10)17-11(2)12-5-3-4-6-13(12)15/h3-6,10-11,14,16-17H,7-9H2,1-2H3. The Morgan fingerprint density at radius 1 is 1.41 bits per heavy atom. The molecule has 3 unspecified atom stereocenters. The van der Waals surface area contributed by atoms with Gasteiger partial charge in [-0.1, -0.05) is 25.1 Å². The summed E-state index contributed by atoms with van der Waals surface area (Å²) in [6.07, 6.45) is 1.11. The van der Waals surface area contributed by atoms with Crippen molar-refractivity contribution >= 4 is 0 Å². The van der Waals surface area contributed by atoms with E-state index in [1.54, 1.807) is 6.07 Å². The quantitative estimate of drug-likeness (QED) is 0.842. The highest BCUT2D eigenvalue weighted by Gasteiger charge is 2.23. The second kappa shape index (κ2) is 5.61. The topological polar surface area (TPSA) is 24.1 Å². The zero-order chi connectivity index (χ0) is 12.3. The highest BCUT2D eigenvalue weighted by Crippen LogP contribution is 2.20. The van der Waals surface area contributed by atoms with E-state index in [-0.39, 0.29) is 11.9 Å². The van der Waals surface area contributed by atoms with Crippen LogP contribution in [0.3, 0.4) is 0 Å². The Balaban J connectivity index is 2.01. The smallest absolute Gasteiger partial charge is 0.127 e. The highest BCUT2D eigenvalue weighted by atomic mass is 19.1. The average molecular weight is 236 g/mol. The maximum atomic E-state index is 13.6. The summed E-state index contributed by atoms with van der Waals surface area (Å²) in [6, 6.07) is 7.56. The lowest BCUT2D eigenvalue weighted by molar-refractivity contribution is 0.276. The number of halogens is 1. The van der Waals surface area contributed by atoms with Crippen LogP contribution in [-0.4, -0.2) is 19.1 Å². The largest absolute Gasteiger partial charge is 0.316 e. The first-order valence-corrected chi connectivity index (χ1v) is 6.39. The predicted molar refractivity (Wildman–Crippen MR) is 68.4 cm³/mol. The SMILES string of the molecule is CC(NC1CCNCC1C)c1ccccc1F. The molecule has 0 amide bonds. The van der Waals surface area contributed by atoms with Crippen LogP contribution < -0.4 is 10.6 Å². The molecule has 0 aliphatic carbocycles. The Labute approximate surface area is 103 Å². The van der Waals surface area contributed by atoms with E-state index in [1.165, 1.54) is 6.07 Å². The van der Waals surface area contributed by atoms with Crippen LogP contribution in [-0.2, 0) is 0 Å². The third-order valence-electron chi connectivity index (χ3n) is 3.62. The van der Waals surface area contributed by atoms with E-state index >= 15 is 0 Å². The first kappa shape index (κ1) is 12.5. The molecule has 1 fully saturated rings. The van der Waals surface area contributed by atoms with Crippen molar-refractivity contribution in [2.45, 2.75) is 32.4 Å². The van der Waals surface area contributed by atoms with Crippen LogP contribution >= 0.6 is 0 Å². The van der Waals surface area contributed by atoms with Crippen molar-refractivity contribution in [2.24, 2.45) is 5.92 Å². The van der Waals surface area contributed by atoms with Crippen LogP contribution in [0.2, 0.25) is 0 Å². The minimum atomic E-state index is -0.117. The third-order valence-corrected chi connectivity index (χ3v) is 3.62. The molecule has 0 saturated carbocycles. The van der Waals surface area contributed by atoms with Gasteiger partial charge in [0.1, 0.15) is 5.82 Å². The molecule has 2 N–H and O–H groups in total. The second-order valence-electron chi connectivity index (χ2n) is 4.99. The van der Waals surface area contributed by atoms with Gasteiger partial charge in [0.2, 0.25) is 0 Å². The number of hydrogen-bond acceptors (Lipinski definition) is 2. The van der Waals surface area contributed by atoms with E-state index in [2.05, 4.69) is 17.6 Å². The third kappa shape index (κ3) is 3.05. The Hall–Kier alpha value is -0.930. The molecule has 0 radical (unpaired) electrons. The monoisotopic (exact) mass is 236 g/mol. The van der Waals surface area contributed by atoms with Gasteiger partial charge in [-0.05, 0) is 38.4 Å². The molecular formula is C14H21FN2. The van der Waals surface area contributed by atoms with E-state index in [9.17, 15) is 4.39 Å². The Bertz CT molecular complexity index is 367. The van der Waals surface area contributed by atoms with Crippen molar-refractivity contribution in [3.05, 3.63) is 35.6 Å². The van der Waals surface area contributed by atoms with E-state index in [0.717, 1.165) is 25.1 Å². The lowest BCUT2D eigenvalue weighted by atomic mass is 9.93. The number of benzene rings is 1. The van der Waals surface area contributed by atoms with Gasteiger partial charge in [0.05, 0.1) is 0 Å². The number of hydrogen-bond donors (Lipinski definition) is 2. The van der Waals surface area contributed by atoms with E-state index in [1.807, 2.05) is 19.1 Å². The summed E-state index contributed by atoms with van der Waals surface area (Å²) in [4.78, 5) is 0. The summed E-state index contributed by atoms with van der Waals surface area (Å²) < 4.78 is 13.6. The van der Waals surface area contributed by atoms with Crippen molar-refractivity contribution in [2.75, 3.05) is 13.1 Å². The summed E-state index contributed by atoms with van der Waals surface area (Å²) in [6.45, 7) is 6.36. The summed E-state index contributed by atoms with van der Waals surface area (Å²) in [5.41, 5.74) is 0.762. The lowest BCUT2D eigenvalue weighted by Gasteiger charge is -2.33. The van der Waals surface area contributed by atoms with E-state index < -0.39 is 0 Å². The molecule has 1 aliphatic rings. The maximum absolute atomic E-state index is 13.6. The molecule has 94 valence electrons. The van der Waals surface area contributed by atoms with Gasteiger partial charge in [0.25, 0.3) is 0 Å². The minimum absolute atomic E-state index is 0.0711. The molecule has 1 saturated heterocycles. The molecule has 1 aromatic rings. The summed E-state index contributed by atoms with van der Waals surface area (Å²) in [5, 5.41) is 6.92. The minimum Gasteiger partial charge on any atom is -0.316 e. The van der Waals surface area contributed by atoms with Gasteiger partial charge in [-0.2, -0.15) is 0 Å². The zero-order valence-electron chi connectivity index (χ0n) is 10.5. The lowest BCUT2D eigenvalue weighted by Crippen LogP contribution is -2.47. The van der Waals surface area contributed by atoms with E-state index in [0.29, 0.717) is 12.0 Å². The normalized spacial score (nSPS) is 26.8. The van der Waals surface area contributed by atoms with Crippen LogP contribution in [0.25, 0.3) is 0 Å². The zero-order valence-corrected chi connectivity index (χ0v) is 10.5. The molecule has 1 heterocycles. The molecule has 2 nitrogen and oxygen atoms in total. The van der Waals surface area contributed by atoms with Gasteiger partial charge in [-0.3, -0.25) is 0 Å². The molecular weight excluding hydrogens is 215 g/mol. The molecule has 3 heteroatoms. The number of piperidine rings is 1. The van der Waals surface area contributed by atoms with Crippen LogP contribution in [0.4, 0.5) is 4.39 Å². The van der Waals surface area contributed by atoms with E-state index in [4.69, 9.17) is 0 Å². The number of nitrogens with one attached hydrogen (secondary N) is 2. The maximum Gasteiger partial charge on any atom is 0.127 e. The highest BCUT2D eigenvalue weighted by molar-refractivity contribution is 5.20. The molecule has 0 bridgehead atoms. The molecule has 2 rings (SSSR count). The van der Waals surface area contributed by atoms with Crippen LogP contribution in [0.5, 0.6) is 0 Å². The van der Waals surface area contributed by atoms with Gasteiger partial charge in [0, 0.05) is 17.6 Å². The van der Waals surface area contributed by atoms with Gasteiger partial charge in [-0.15, -0.1) is 0 Å². The van der Waals surface area contributed by atoms with Gasteiger partial charge in [-0.25, -0.2) is 4.39 Å². The Morgan fingerprint density at radius 3 is 2.88 bits per heavy atom. The van der Waals surface area contributed by atoms with Crippen molar-refractivity contribution in [1.82, 2.24) is 10.6 Å². The fourth-order valence-corrected chi connectivity index (χ4v) is 2.50. The van der Waals surface area contributed by atoms with Gasteiger partial charge >= 0.3 is 0 Å². The Kier molecular flexibility index (Phi) is 4.13. The summed E-state index contributed by atoms with van der Waals surface area (Å²) >= 11 is 0. The second-order valence-corrected chi connectivity index (χ2v) is 4.99. The van der Waals surface area contributed by atoms with Crippen molar-refractivity contribution in [3.63, 3.8) is 0 Å². The van der Waals surface area contributed by atoms with Crippen molar-refractivity contribution in [1.29, 1.82) is 0 Å². The molecule has 1 aliphatic heterocycles. The molecule has 1 aromatic carbocycles. The molecule has 3 atom stereocenters. The fraction of sp³-hybridized carbons (Fsp3) is 0.571. The fourth-order valence-electron chi connectivity index (χ4n) is 2.50. The van der Waals surface area contributed by atoms with Gasteiger partial charge in [0.15, 0.2) is 0 Å². The Morgan fingerprint density at radius 2 is 2.18 bits per heavy atom. The first-order chi connectivity index (χ1) is 8.18. The predicted octanol–water partition coefficient (Wildman–Crippen LogP) is 2.47. The first-order valence-electron chi connectivity index (χ1n) is 6.39. The molecule has 0 spiro atoms. The number of rotatable bonds is 3. The molecule has 0 aromatic heterocycles. The van der Waals surface area contributed by atoms with Crippen molar-refractivity contribution in [3.8, 4) is 0 Å². The van der Waals surface area contributed by atoms with Crippen LogP contribution in [0.1, 0.15) is 31.9 Å². The van der Waals surface area contributed by atoms with Crippen LogP contribution in [0, 0.1) is 11.7 Å². The summed E-state index contributed by atoms with van der Waals surface area (Å²) in [7, 11) is 0. The summed E-state index contributed by atoms with van der Waals surface area (Å²) in [5.74, 6) is 0.479.